The third kappa shape index (κ3) is 4.69. The molecule has 42 heavy (non-hydrogen) atoms. The number of hydrogen-bond donors (Lipinski definition) is 0. The number of carbonyl (C=O) groups is 2. The number of nitrogens with zero attached hydrogens (tertiary/aromatic N) is 5. The Hall–Kier alpha value is -5.29. The van der Waals surface area contributed by atoms with Gasteiger partial charge in [0.25, 0.3) is 11.5 Å². The lowest BCUT2D eigenvalue weighted by Crippen LogP contribution is -2.33. The molecule has 0 spiro atoms. The highest BCUT2D eigenvalue weighted by Crippen LogP contribution is 2.31. The van der Waals surface area contributed by atoms with Crippen LogP contribution >= 0.6 is 11.6 Å². The van der Waals surface area contributed by atoms with E-state index >= 15 is 0 Å². The Labute approximate surface area is 242 Å². The molecule has 0 aliphatic rings. The van der Waals surface area contributed by atoms with E-state index in [-0.39, 0.29) is 52.3 Å². The number of furan rings is 1. The van der Waals surface area contributed by atoms with Gasteiger partial charge in [0.05, 0.1) is 29.8 Å². The summed E-state index contributed by atoms with van der Waals surface area (Å²) in [6, 6.07) is 16.8. The zero-order valence-corrected chi connectivity index (χ0v) is 23.2. The number of benzene rings is 1. The van der Waals surface area contributed by atoms with Crippen molar-refractivity contribution in [1.29, 1.82) is 0 Å². The highest BCUT2D eigenvalue weighted by molar-refractivity contribution is 6.33. The smallest absolute Gasteiger partial charge is 0.341 e. The summed E-state index contributed by atoms with van der Waals surface area (Å²) >= 11 is 6.40. The maximum absolute atomic E-state index is 13.9. The number of amides is 1. The lowest BCUT2D eigenvalue weighted by atomic mass is 10.1. The summed E-state index contributed by atoms with van der Waals surface area (Å²) in [5.74, 6) is -0.847. The monoisotopic (exact) mass is 583 g/mol. The van der Waals surface area contributed by atoms with Gasteiger partial charge in [-0.1, -0.05) is 41.0 Å². The molecule has 0 saturated heterocycles. The van der Waals surface area contributed by atoms with Gasteiger partial charge in [0, 0.05) is 11.8 Å². The fourth-order valence-electron chi connectivity index (χ4n) is 4.68. The number of aryl methyl sites for hydroxylation is 1. The van der Waals surface area contributed by atoms with Crippen LogP contribution in [0.25, 0.3) is 27.9 Å². The molecule has 1 amide bonds. The Morgan fingerprint density at radius 3 is 2.67 bits per heavy atom. The van der Waals surface area contributed by atoms with Crippen LogP contribution in [0.5, 0.6) is 0 Å². The van der Waals surface area contributed by atoms with Crippen molar-refractivity contribution in [3.63, 3.8) is 0 Å². The highest BCUT2D eigenvalue weighted by Gasteiger charge is 2.25. The number of halogens is 1. The molecule has 0 radical (unpaired) electrons. The van der Waals surface area contributed by atoms with Gasteiger partial charge in [-0.15, -0.1) is 0 Å². The van der Waals surface area contributed by atoms with E-state index in [9.17, 15) is 14.4 Å². The Morgan fingerprint density at radius 2 is 1.90 bits per heavy atom. The van der Waals surface area contributed by atoms with Crippen LogP contribution < -0.4 is 11.0 Å². The van der Waals surface area contributed by atoms with Crippen molar-refractivity contribution in [2.45, 2.75) is 20.4 Å². The fraction of sp³-hybridized carbons (Fsp3) is 0.133. The van der Waals surface area contributed by atoms with Gasteiger partial charge in [0.1, 0.15) is 39.6 Å². The summed E-state index contributed by atoms with van der Waals surface area (Å²) in [6.07, 6.45) is 3.07. The molecule has 0 saturated carbocycles. The maximum atomic E-state index is 13.9. The van der Waals surface area contributed by atoms with Crippen molar-refractivity contribution in [2.75, 3.05) is 6.61 Å². The first-order valence-corrected chi connectivity index (χ1v) is 13.3. The van der Waals surface area contributed by atoms with Crippen LogP contribution in [0.2, 0.25) is 5.02 Å². The van der Waals surface area contributed by atoms with Gasteiger partial charge < -0.3 is 18.2 Å². The standard InChI is InChI=1S/C30H22ClN5O6/c1-3-40-30(39)21-15-20-26(32-23-12-6-7-13-35(23)29(20)38)36(16-18-9-8-14-41-18)27(21)33-28(37)24-17(2)42-34-25(24)19-10-4-5-11-22(19)31/h4-15H,3,16H2,1-2H3. The van der Waals surface area contributed by atoms with E-state index in [1.165, 1.54) is 21.3 Å². The van der Waals surface area contributed by atoms with Gasteiger partial charge >= 0.3 is 5.97 Å². The highest BCUT2D eigenvalue weighted by atomic mass is 35.5. The van der Waals surface area contributed by atoms with Crippen LogP contribution in [0.3, 0.4) is 0 Å². The van der Waals surface area contributed by atoms with Crippen LogP contribution in [-0.2, 0) is 11.3 Å². The van der Waals surface area contributed by atoms with Gasteiger partial charge in [0.2, 0.25) is 0 Å². The number of ether oxygens (including phenoxy) is 1. The third-order valence-corrected chi connectivity index (χ3v) is 6.92. The molecule has 1 aromatic carbocycles. The molecule has 0 aliphatic carbocycles. The van der Waals surface area contributed by atoms with Crippen molar-refractivity contribution in [2.24, 2.45) is 4.99 Å². The van der Waals surface area contributed by atoms with Crippen LogP contribution in [0, 0.1) is 6.92 Å². The molecule has 6 rings (SSSR count). The van der Waals surface area contributed by atoms with Crippen molar-refractivity contribution in [3.8, 4) is 11.3 Å². The molecule has 0 atom stereocenters. The van der Waals surface area contributed by atoms with Gasteiger partial charge in [-0.3, -0.25) is 14.0 Å². The number of fused-ring (bicyclic) bond motifs is 2. The predicted octanol–water partition coefficient (Wildman–Crippen LogP) is 4.83. The van der Waals surface area contributed by atoms with Crippen molar-refractivity contribution in [3.05, 3.63) is 117 Å². The number of aromatic nitrogens is 4. The van der Waals surface area contributed by atoms with E-state index in [1.54, 1.807) is 74.6 Å². The minimum absolute atomic E-state index is 0.00169. The molecule has 0 unspecified atom stereocenters. The van der Waals surface area contributed by atoms with Gasteiger partial charge in [-0.25, -0.2) is 9.78 Å². The SMILES string of the molecule is CCOC(=O)c1cc2c(=O)n3ccccc3nc2n(Cc2ccco2)c1=NC(=O)c1c(-c2ccccc2Cl)noc1C. The van der Waals surface area contributed by atoms with E-state index in [2.05, 4.69) is 10.1 Å². The number of carbonyl (C=O) groups excluding carboxylic acids is 2. The summed E-state index contributed by atoms with van der Waals surface area (Å²) < 4.78 is 19.1. The van der Waals surface area contributed by atoms with Crippen molar-refractivity contribution < 1.29 is 23.3 Å². The summed E-state index contributed by atoms with van der Waals surface area (Å²) in [6.45, 7) is 3.28. The van der Waals surface area contributed by atoms with Crippen LogP contribution in [0.4, 0.5) is 0 Å². The average Bonchev–Trinajstić information content (AvgIpc) is 3.64. The van der Waals surface area contributed by atoms with Gasteiger partial charge in [0.15, 0.2) is 5.49 Å². The first kappa shape index (κ1) is 26.9. The second kappa shape index (κ2) is 10.9. The zero-order chi connectivity index (χ0) is 29.4. The van der Waals surface area contributed by atoms with Crippen LogP contribution in [-0.4, -0.2) is 37.6 Å². The molecule has 6 aromatic rings. The molecule has 0 fully saturated rings. The van der Waals surface area contributed by atoms with Crippen LogP contribution in [0.1, 0.15) is 39.2 Å². The first-order valence-electron chi connectivity index (χ1n) is 12.9. The van der Waals surface area contributed by atoms with Crippen LogP contribution in [0.15, 0.2) is 91.9 Å². The quantitative estimate of drug-likeness (QED) is 0.201. The molecule has 0 aliphatic heterocycles. The topological polar surface area (TPSA) is 134 Å². The average molecular weight is 584 g/mol. The normalized spacial score (nSPS) is 11.8. The molecule has 5 heterocycles. The maximum Gasteiger partial charge on any atom is 0.341 e. The van der Waals surface area contributed by atoms with E-state index in [4.69, 9.17) is 30.3 Å². The second-order valence-electron chi connectivity index (χ2n) is 9.21. The lowest BCUT2D eigenvalue weighted by molar-refractivity contribution is 0.0523. The Bertz CT molecular complexity index is 2120. The zero-order valence-electron chi connectivity index (χ0n) is 22.4. The molecule has 11 nitrogen and oxygen atoms in total. The van der Waals surface area contributed by atoms with E-state index < -0.39 is 17.4 Å². The lowest BCUT2D eigenvalue weighted by Gasteiger charge is -2.14. The Morgan fingerprint density at radius 1 is 1.10 bits per heavy atom. The summed E-state index contributed by atoms with van der Waals surface area (Å²) in [7, 11) is 0. The number of rotatable bonds is 6. The molecule has 210 valence electrons. The molecular weight excluding hydrogens is 562 g/mol. The Kier molecular flexibility index (Phi) is 7.01. The minimum atomic E-state index is -0.773. The molecular formula is C30H22ClN5O6. The minimum Gasteiger partial charge on any atom is -0.467 e. The molecule has 0 bridgehead atoms. The summed E-state index contributed by atoms with van der Waals surface area (Å²) in [4.78, 5) is 49.9. The number of hydrogen-bond acceptors (Lipinski definition) is 8. The van der Waals surface area contributed by atoms with E-state index in [0.29, 0.717) is 22.0 Å². The predicted molar refractivity (Wildman–Crippen MR) is 152 cm³/mol. The van der Waals surface area contributed by atoms with E-state index in [0.717, 1.165) is 0 Å². The first-order chi connectivity index (χ1) is 20.4. The van der Waals surface area contributed by atoms with Gasteiger partial charge in [-0.2, -0.15) is 4.99 Å². The molecule has 5 aromatic heterocycles. The summed E-state index contributed by atoms with van der Waals surface area (Å²) in [5.41, 5.74) is 0.689. The van der Waals surface area contributed by atoms with Gasteiger partial charge in [-0.05, 0) is 50.2 Å². The fourth-order valence-corrected chi connectivity index (χ4v) is 4.90. The number of pyridine rings is 2. The van der Waals surface area contributed by atoms with E-state index in [1.807, 2.05) is 0 Å². The van der Waals surface area contributed by atoms with Crippen molar-refractivity contribution >= 4 is 40.2 Å². The second-order valence-corrected chi connectivity index (χ2v) is 9.62. The Balaban J connectivity index is 1.69. The molecule has 12 heteroatoms. The third-order valence-electron chi connectivity index (χ3n) is 6.59. The summed E-state index contributed by atoms with van der Waals surface area (Å²) in [5, 5.41) is 4.55. The molecule has 0 N–H and O–H groups in total. The number of esters is 1. The largest absolute Gasteiger partial charge is 0.467 e. The van der Waals surface area contributed by atoms with Crippen molar-refractivity contribution in [1.82, 2.24) is 19.1 Å².